The molecule has 0 aromatic carbocycles. The Morgan fingerprint density at radius 2 is 2.10 bits per heavy atom. The van der Waals surface area contributed by atoms with Crippen LogP contribution in [0.4, 0.5) is 23.4 Å². The molecule has 0 saturated heterocycles. The molecule has 1 unspecified atom stereocenters. The van der Waals surface area contributed by atoms with Crippen molar-refractivity contribution >= 4 is 17.4 Å². The Balaban J connectivity index is 2.67. The van der Waals surface area contributed by atoms with Crippen molar-refractivity contribution in [1.82, 2.24) is 10.4 Å². The van der Waals surface area contributed by atoms with Crippen LogP contribution in [0.5, 0.6) is 0 Å². The van der Waals surface area contributed by atoms with E-state index in [2.05, 4.69) is 15.1 Å². The summed E-state index contributed by atoms with van der Waals surface area (Å²) >= 11 is 5.72. The summed E-state index contributed by atoms with van der Waals surface area (Å²) in [5, 5.41) is 0.257. The van der Waals surface area contributed by atoms with Gasteiger partial charge in [-0.1, -0.05) is 11.6 Å². The van der Waals surface area contributed by atoms with E-state index in [9.17, 15) is 17.6 Å². The number of nitrogens with zero attached hydrogens (tertiary/aromatic N) is 1. The fourth-order valence-electron chi connectivity index (χ4n) is 1.35. The minimum absolute atomic E-state index is 0.0709. The SMILES string of the molecule is NNC(COCC(F)(F)C(F)F)c1cc(Cl)cnc1N. The second-order valence-corrected chi connectivity index (χ2v) is 4.36. The molecule has 0 bridgehead atoms. The summed E-state index contributed by atoms with van der Waals surface area (Å²) < 4.78 is 53.8. The van der Waals surface area contributed by atoms with Gasteiger partial charge in [-0.2, -0.15) is 8.78 Å². The van der Waals surface area contributed by atoms with E-state index in [4.69, 9.17) is 23.2 Å². The smallest absolute Gasteiger partial charge is 0.330 e. The first-order chi connectivity index (χ1) is 9.27. The van der Waals surface area contributed by atoms with Crippen LogP contribution in [0.25, 0.3) is 0 Å². The molecular weight excluding hydrogens is 304 g/mol. The molecule has 1 heterocycles. The van der Waals surface area contributed by atoms with Crippen LogP contribution in [-0.2, 0) is 4.74 Å². The van der Waals surface area contributed by atoms with Crippen LogP contribution in [0.3, 0.4) is 0 Å². The maximum absolute atomic E-state index is 12.7. The number of rotatable bonds is 7. The monoisotopic (exact) mass is 316 g/mol. The molecule has 20 heavy (non-hydrogen) atoms. The van der Waals surface area contributed by atoms with Gasteiger partial charge < -0.3 is 10.5 Å². The number of halogens is 5. The van der Waals surface area contributed by atoms with E-state index in [1.807, 2.05) is 0 Å². The Bertz CT molecular complexity index is 449. The van der Waals surface area contributed by atoms with Crippen molar-refractivity contribution in [2.75, 3.05) is 18.9 Å². The molecule has 0 radical (unpaired) electrons. The highest BCUT2D eigenvalue weighted by Crippen LogP contribution is 2.25. The number of nitrogens with one attached hydrogen (secondary N) is 1. The molecule has 10 heteroatoms. The van der Waals surface area contributed by atoms with Crippen LogP contribution in [0, 0.1) is 0 Å². The van der Waals surface area contributed by atoms with E-state index in [0.29, 0.717) is 5.56 Å². The Morgan fingerprint density at radius 3 is 2.65 bits per heavy atom. The van der Waals surface area contributed by atoms with Crippen LogP contribution >= 0.6 is 11.6 Å². The fourth-order valence-corrected chi connectivity index (χ4v) is 1.51. The van der Waals surface area contributed by atoms with Crippen LogP contribution < -0.4 is 17.0 Å². The highest BCUT2D eigenvalue weighted by atomic mass is 35.5. The minimum Gasteiger partial charge on any atom is -0.383 e. The average molecular weight is 317 g/mol. The van der Waals surface area contributed by atoms with Crippen molar-refractivity contribution in [2.45, 2.75) is 18.4 Å². The van der Waals surface area contributed by atoms with E-state index in [0.717, 1.165) is 0 Å². The molecule has 5 N–H and O–H groups in total. The Hall–Kier alpha value is -1.16. The Morgan fingerprint density at radius 1 is 1.45 bits per heavy atom. The predicted octanol–water partition coefficient (Wildman–Crippen LogP) is 1.74. The average Bonchev–Trinajstić information content (AvgIpc) is 2.37. The van der Waals surface area contributed by atoms with Gasteiger partial charge in [0.05, 0.1) is 17.7 Å². The van der Waals surface area contributed by atoms with Gasteiger partial charge in [0.15, 0.2) is 0 Å². The molecular formula is C10H13ClF4N4O. The van der Waals surface area contributed by atoms with Gasteiger partial charge in [-0.3, -0.25) is 11.3 Å². The lowest BCUT2D eigenvalue weighted by Crippen LogP contribution is -2.36. The van der Waals surface area contributed by atoms with E-state index < -0.39 is 31.6 Å². The van der Waals surface area contributed by atoms with E-state index >= 15 is 0 Å². The summed E-state index contributed by atoms with van der Waals surface area (Å²) in [5.41, 5.74) is 8.17. The van der Waals surface area contributed by atoms with Crippen molar-refractivity contribution in [1.29, 1.82) is 0 Å². The van der Waals surface area contributed by atoms with Gasteiger partial charge in [0, 0.05) is 11.8 Å². The highest BCUT2D eigenvalue weighted by Gasteiger charge is 2.41. The molecule has 0 aliphatic rings. The van der Waals surface area contributed by atoms with Crippen molar-refractivity contribution in [3.05, 3.63) is 22.8 Å². The second kappa shape index (κ2) is 7.02. The number of nitrogen functional groups attached to an aromatic ring is 1. The van der Waals surface area contributed by atoms with Crippen molar-refractivity contribution in [3.8, 4) is 0 Å². The van der Waals surface area contributed by atoms with Gasteiger partial charge >= 0.3 is 12.3 Å². The standard InChI is InChI=1S/C10H13ClF4N4O/c11-5-1-6(8(16)18-2-5)7(19-17)3-20-4-10(14,15)9(12)13/h1-2,7,9,19H,3-4,17H2,(H2,16,18). The van der Waals surface area contributed by atoms with E-state index in [1.54, 1.807) is 0 Å². The third-order valence-electron chi connectivity index (χ3n) is 2.39. The number of hydrogen-bond acceptors (Lipinski definition) is 5. The number of hydrogen-bond donors (Lipinski definition) is 3. The predicted molar refractivity (Wildman–Crippen MR) is 65.5 cm³/mol. The first-order valence-corrected chi connectivity index (χ1v) is 5.76. The third-order valence-corrected chi connectivity index (χ3v) is 2.60. The Kier molecular flexibility index (Phi) is 5.93. The summed E-state index contributed by atoms with van der Waals surface area (Å²) in [7, 11) is 0. The molecule has 0 fully saturated rings. The van der Waals surface area contributed by atoms with E-state index in [-0.39, 0.29) is 10.8 Å². The van der Waals surface area contributed by atoms with Crippen molar-refractivity contribution < 1.29 is 22.3 Å². The molecule has 1 atom stereocenters. The zero-order valence-electron chi connectivity index (χ0n) is 10.1. The molecule has 1 aromatic rings. The van der Waals surface area contributed by atoms with Gasteiger partial charge in [0.1, 0.15) is 12.4 Å². The zero-order valence-corrected chi connectivity index (χ0v) is 10.9. The van der Waals surface area contributed by atoms with Gasteiger partial charge in [0.25, 0.3) is 0 Å². The van der Waals surface area contributed by atoms with Crippen LogP contribution in [0.1, 0.15) is 11.6 Å². The number of alkyl halides is 4. The van der Waals surface area contributed by atoms with Crippen LogP contribution in [0.2, 0.25) is 5.02 Å². The molecule has 0 saturated carbocycles. The zero-order chi connectivity index (χ0) is 15.3. The first kappa shape index (κ1) is 16.9. The number of ether oxygens (including phenoxy) is 1. The van der Waals surface area contributed by atoms with Crippen molar-refractivity contribution in [3.63, 3.8) is 0 Å². The topological polar surface area (TPSA) is 86.2 Å². The van der Waals surface area contributed by atoms with Gasteiger partial charge in [-0.15, -0.1) is 0 Å². The maximum Gasteiger partial charge on any atom is 0.330 e. The molecule has 1 rings (SSSR count). The number of aromatic nitrogens is 1. The summed E-state index contributed by atoms with van der Waals surface area (Å²) in [6.07, 6.45) is -2.51. The molecule has 0 aliphatic heterocycles. The fraction of sp³-hybridized carbons (Fsp3) is 0.500. The number of anilines is 1. The quantitative estimate of drug-likeness (QED) is 0.405. The van der Waals surface area contributed by atoms with Crippen LogP contribution in [0.15, 0.2) is 12.3 Å². The minimum atomic E-state index is -4.22. The molecule has 0 spiro atoms. The molecule has 114 valence electrons. The van der Waals surface area contributed by atoms with Gasteiger partial charge in [-0.25, -0.2) is 13.8 Å². The van der Waals surface area contributed by atoms with Crippen molar-refractivity contribution in [2.24, 2.45) is 5.84 Å². The van der Waals surface area contributed by atoms with Gasteiger partial charge in [-0.05, 0) is 6.07 Å². The lowest BCUT2D eigenvalue weighted by Gasteiger charge is -2.20. The summed E-state index contributed by atoms with van der Waals surface area (Å²) in [6, 6.07) is 0.609. The van der Waals surface area contributed by atoms with E-state index in [1.165, 1.54) is 12.3 Å². The largest absolute Gasteiger partial charge is 0.383 e. The second-order valence-electron chi connectivity index (χ2n) is 3.92. The first-order valence-electron chi connectivity index (χ1n) is 5.38. The third kappa shape index (κ3) is 4.44. The summed E-state index contributed by atoms with van der Waals surface area (Å²) in [6.45, 7) is -1.83. The normalized spacial score (nSPS) is 13.8. The summed E-state index contributed by atoms with van der Waals surface area (Å²) in [5.74, 6) is 1.09. The highest BCUT2D eigenvalue weighted by molar-refractivity contribution is 6.30. The Labute approximate surface area is 117 Å². The molecule has 1 aromatic heterocycles. The lowest BCUT2D eigenvalue weighted by molar-refractivity contribution is -0.167. The maximum atomic E-state index is 12.7. The summed E-state index contributed by atoms with van der Waals surface area (Å²) in [4.78, 5) is 3.76. The molecule has 0 amide bonds. The number of hydrazine groups is 1. The van der Waals surface area contributed by atoms with Gasteiger partial charge in [0.2, 0.25) is 0 Å². The van der Waals surface area contributed by atoms with Crippen LogP contribution in [-0.4, -0.2) is 30.5 Å². The number of pyridine rings is 1. The lowest BCUT2D eigenvalue weighted by atomic mass is 10.1. The molecule has 0 aliphatic carbocycles. The number of nitrogens with two attached hydrogens (primary N) is 2. The molecule has 5 nitrogen and oxygen atoms in total.